The number of ether oxygens (including phenoxy) is 2. The summed E-state index contributed by atoms with van der Waals surface area (Å²) in [5.74, 6) is 3.08. The molecule has 2 aliphatic rings. The second kappa shape index (κ2) is 9.59. The van der Waals surface area contributed by atoms with Crippen LogP contribution in [0.25, 0.3) is 11.1 Å². The number of thioether (sulfide) groups is 1. The van der Waals surface area contributed by atoms with E-state index >= 15 is 0 Å². The first-order valence-corrected chi connectivity index (χ1v) is 12.4. The number of aromatic nitrogens is 2. The molecule has 3 aromatic rings. The normalized spacial score (nSPS) is 16.1. The molecule has 7 heteroatoms. The maximum absolute atomic E-state index is 14.8. The van der Waals surface area contributed by atoms with Crippen LogP contribution in [0.1, 0.15) is 38.2 Å². The fraction of sp³-hybridized carbons (Fsp3) is 0.385. The van der Waals surface area contributed by atoms with Crippen molar-refractivity contribution in [3.05, 3.63) is 60.2 Å². The SMILES string of the molecule is CC(C)c1cnc(N2CCC(COc3ccc(-c4ccc5c(c4)OCS5)cc3F)CC2)nc1. The van der Waals surface area contributed by atoms with E-state index in [1.165, 1.54) is 0 Å². The highest BCUT2D eigenvalue weighted by atomic mass is 32.2. The Morgan fingerprint density at radius 1 is 1.09 bits per heavy atom. The zero-order valence-corrected chi connectivity index (χ0v) is 19.8. The Bertz CT molecular complexity index is 1120. The Kier molecular flexibility index (Phi) is 6.40. The third-order valence-corrected chi connectivity index (χ3v) is 7.22. The van der Waals surface area contributed by atoms with Gasteiger partial charge in [0.2, 0.25) is 5.95 Å². The minimum atomic E-state index is -0.334. The Labute approximate surface area is 198 Å². The van der Waals surface area contributed by atoms with Gasteiger partial charge in [-0.25, -0.2) is 14.4 Å². The van der Waals surface area contributed by atoms with Crippen molar-refractivity contribution in [3.63, 3.8) is 0 Å². The van der Waals surface area contributed by atoms with Crippen molar-refractivity contribution in [2.24, 2.45) is 5.92 Å². The van der Waals surface area contributed by atoms with Crippen LogP contribution in [0, 0.1) is 11.7 Å². The smallest absolute Gasteiger partial charge is 0.225 e. The standard InChI is InChI=1S/C26H28FN3O2S/c1-17(2)21-13-28-26(29-14-21)30-9-7-18(8-10-30)15-31-23-5-3-19(11-22(23)27)20-4-6-25-24(12-20)32-16-33-25/h3-6,11-14,17-18H,7-10,15-16H2,1-2H3. The van der Waals surface area contributed by atoms with Crippen LogP contribution in [0.4, 0.5) is 10.3 Å². The Balaban J connectivity index is 1.15. The van der Waals surface area contributed by atoms with E-state index in [0.29, 0.717) is 30.1 Å². The molecule has 33 heavy (non-hydrogen) atoms. The lowest BCUT2D eigenvalue weighted by Gasteiger charge is -2.32. The van der Waals surface area contributed by atoms with Crippen LogP contribution in [0.15, 0.2) is 53.7 Å². The lowest BCUT2D eigenvalue weighted by Crippen LogP contribution is -2.36. The highest BCUT2D eigenvalue weighted by molar-refractivity contribution is 7.99. The minimum Gasteiger partial charge on any atom is -0.490 e. The van der Waals surface area contributed by atoms with Crippen LogP contribution in [-0.4, -0.2) is 35.6 Å². The molecule has 1 aromatic heterocycles. The van der Waals surface area contributed by atoms with Crippen molar-refractivity contribution in [1.29, 1.82) is 0 Å². The first-order valence-electron chi connectivity index (χ1n) is 11.5. The highest BCUT2D eigenvalue weighted by Gasteiger charge is 2.22. The molecule has 172 valence electrons. The van der Waals surface area contributed by atoms with E-state index in [4.69, 9.17) is 9.47 Å². The van der Waals surface area contributed by atoms with Gasteiger partial charge < -0.3 is 14.4 Å². The van der Waals surface area contributed by atoms with E-state index in [-0.39, 0.29) is 5.82 Å². The van der Waals surface area contributed by atoms with Gasteiger partial charge >= 0.3 is 0 Å². The molecule has 5 nitrogen and oxygen atoms in total. The molecular formula is C26H28FN3O2S. The fourth-order valence-corrected chi connectivity index (χ4v) is 4.91. The third kappa shape index (κ3) is 4.93. The number of hydrogen-bond donors (Lipinski definition) is 0. The summed E-state index contributed by atoms with van der Waals surface area (Å²) in [5.41, 5.74) is 2.91. The monoisotopic (exact) mass is 465 g/mol. The summed E-state index contributed by atoms with van der Waals surface area (Å²) < 4.78 is 26.2. The lowest BCUT2D eigenvalue weighted by atomic mass is 9.98. The van der Waals surface area contributed by atoms with Crippen LogP contribution >= 0.6 is 11.8 Å². The van der Waals surface area contributed by atoms with E-state index in [2.05, 4.69) is 28.7 Å². The molecule has 2 aromatic carbocycles. The van der Waals surface area contributed by atoms with Crippen molar-refractivity contribution >= 4 is 17.7 Å². The van der Waals surface area contributed by atoms with Crippen molar-refractivity contribution in [2.75, 3.05) is 30.5 Å². The number of nitrogens with zero attached hydrogens (tertiary/aromatic N) is 3. The van der Waals surface area contributed by atoms with Crippen LogP contribution in [0.5, 0.6) is 11.5 Å². The molecule has 0 spiro atoms. The summed E-state index contributed by atoms with van der Waals surface area (Å²) in [6.07, 6.45) is 5.79. The Morgan fingerprint density at radius 2 is 1.82 bits per heavy atom. The summed E-state index contributed by atoms with van der Waals surface area (Å²) in [6, 6.07) is 11.2. The predicted molar refractivity (Wildman–Crippen MR) is 130 cm³/mol. The number of piperidine rings is 1. The van der Waals surface area contributed by atoms with Crippen molar-refractivity contribution in [1.82, 2.24) is 9.97 Å². The van der Waals surface area contributed by atoms with Crippen molar-refractivity contribution in [3.8, 4) is 22.6 Å². The molecule has 3 heterocycles. The summed E-state index contributed by atoms with van der Waals surface area (Å²) in [4.78, 5) is 12.4. The van der Waals surface area contributed by atoms with Crippen LogP contribution in [0.2, 0.25) is 0 Å². The van der Waals surface area contributed by atoms with E-state index < -0.39 is 0 Å². The number of hydrogen-bond acceptors (Lipinski definition) is 6. The molecule has 0 bridgehead atoms. The number of halogens is 1. The molecule has 0 N–H and O–H groups in total. The molecule has 0 atom stereocenters. The minimum absolute atomic E-state index is 0.307. The quantitative estimate of drug-likeness (QED) is 0.436. The summed E-state index contributed by atoms with van der Waals surface area (Å²) in [7, 11) is 0. The molecular weight excluding hydrogens is 437 g/mol. The van der Waals surface area contributed by atoms with E-state index in [9.17, 15) is 4.39 Å². The third-order valence-electron chi connectivity index (χ3n) is 6.33. The van der Waals surface area contributed by atoms with E-state index in [0.717, 1.165) is 59.2 Å². The molecule has 1 fully saturated rings. The second-order valence-corrected chi connectivity index (χ2v) is 9.89. The van der Waals surface area contributed by atoms with Gasteiger partial charge in [0.05, 0.1) is 11.5 Å². The molecule has 0 saturated carbocycles. The number of rotatable bonds is 6. The average molecular weight is 466 g/mol. The predicted octanol–water partition coefficient (Wildman–Crippen LogP) is 6.14. The van der Waals surface area contributed by atoms with Gasteiger partial charge in [0.1, 0.15) is 11.7 Å². The number of benzene rings is 2. The van der Waals surface area contributed by atoms with E-state index in [1.54, 1.807) is 23.9 Å². The van der Waals surface area contributed by atoms with Gasteiger partial charge in [-0.2, -0.15) is 0 Å². The van der Waals surface area contributed by atoms with Crippen LogP contribution in [-0.2, 0) is 0 Å². The second-order valence-electron chi connectivity index (χ2n) is 8.93. The van der Waals surface area contributed by atoms with Gasteiger partial charge in [0.25, 0.3) is 0 Å². The van der Waals surface area contributed by atoms with Gasteiger partial charge in [-0.15, -0.1) is 0 Å². The first-order chi connectivity index (χ1) is 16.1. The van der Waals surface area contributed by atoms with Gasteiger partial charge in [0, 0.05) is 25.5 Å². The average Bonchev–Trinajstić information content (AvgIpc) is 3.32. The molecule has 0 aliphatic carbocycles. The fourth-order valence-electron chi connectivity index (χ4n) is 4.17. The molecule has 0 amide bonds. The molecule has 1 saturated heterocycles. The van der Waals surface area contributed by atoms with Crippen molar-refractivity contribution < 1.29 is 13.9 Å². The van der Waals surface area contributed by atoms with Gasteiger partial charge in [-0.05, 0) is 65.6 Å². The summed E-state index contributed by atoms with van der Waals surface area (Å²) in [5, 5.41) is 0. The highest BCUT2D eigenvalue weighted by Crippen LogP contribution is 2.39. The van der Waals surface area contributed by atoms with Gasteiger partial charge in [0.15, 0.2) is 11.6 Å². The largest absolute Gasteiger partial charge is 0.490 e. The zero-order valence-electron chi connectivity index (χ0n) is 19.0. The lowest BCUT2D eigenvalue weighted by molar-refractivity contribution is 0.215. The van der Waals surface area contributed by atoms with Crippen LogP contribution < -0.4 is 14.4 Å². The first kappa shape index (κ1) is 22.0. The maximum Gasteiger partial charge on any atom is 0.225 e. The Morgan fingerprint density at radius 3 is 2.55 bits per heavy atom. The molecule has 0 unspecified atom stereocenters. The van der Waals surface area contributed by atoms with Gasteiger partial charge in [-0.3, -0.25) is 0 Å². The summed E-state index contributed by atoms with van der Waals surface area (Å²) >= 11 is 1.67. The molecule has 2 aliphatic heterocycles. The topological polar surface area (TPSA) is 47.5 Å². The van der Waals surface area contributed by atoms with Crippen molar-refractivity contribution in [2.45, 2.75) is 37.5 Å². The number of fused-ring (bicyclic) bond motifs is 1. The summed E-state index contributed by atoms with van der Waals surface area (Å²) in [6.45, 7) is 6.56. The van der Waals surface area contributed by atoms with E-state index in [1.807, 2.05) is 36.7 Å². The van der Waals surface area contributed by atoms with Crippen LogP contribution in [0.3, 0.4) is 0 Å². The maximum atomic E-state index is 14.8. The molecule has 5 rings (SSSR count). The Hall–Kier alpha value is -2.80. The zero-order chi connectivity index (χ0) is 22.8. The van der Waals surface area contributed by atoms with Gasteiger partial charge in [-0.1, -0.05) is 37.7 Å². The molecule has 0 radical (unpaired) electrons. The number of anilines is 1.